The Labute approximate surface area is 175 Å². The number of nitrogens with zero attached hydrogens (tertiary/aromatic N) is 1. The molecule has 1 saturated heterocycles. The number of hydrogen-bond donors (Lipinski definition) is 0. The fourth-order valence-corrected chi connectivity index (χ4v) is 7.26. The van der Waals surface area contributed by atoms with Crippen molar-refractivity contribution < 1.29 is 4.74 Å². The van der Waals surface area contributed by atoms with Crippen LogP contribution in [0.1, 0.15) is 61.6 Å². The summed E-state index contributed by atoms with van der Waals surface area (Å²) in [6.45, 7) is 2.53. The molecular formula is C27H33NO. The van der Waals surface area contributed by atoms with Crippen molar-refractivity contribution >= 4 is 0 Å². The Kier molecular flexibility index (Phi) is 4.10. The maximum atomic E-state index is 5.63. The van der Waals surface area contributed by atoms with Crippen LogP contribution >= 0.6 is 0 Å². The maximum absolute atomic E-state index is 5.63. The van der Waals surface area contributed by atoms with Gasteiger partial charge in [0.2, 0.25) is 0 Å². The van der Waals surface area contributed by atoms with Gasteiger partial charge in [-0.25, -0.2) is 0 Å². The predicted molar refractivity (Wildman–Crippen MR) is 118 cm³/mol. The standard InChI is InChI=1S/C27H33NO/c1-29-22-11-10-20-17-25-23-9-5-6-12-27(23,24(20)18-22)15-16-28(25)19-26(13-14-26)21-7-3-2-4-8-21/h2-4,7-8,10-11,18,23,25H,5-6,9,12-17,19H2,1H3/t23-,25+,27-/m0/s1. The Morgan fingerprint density at radius 1 is 1.00 bits per heavy atom. The molecule has 0 unspecified atom stereocenters. The van der Waals surface area contributed by atoms with E-state index in [2.05, 4.69) is 53.4 Å². The van der Waals surface area contributed by atoms with Crippen LogP contribution in [-0.4, -0.2) is 31.1 Å². The number of piperidine rings is 1. The van der Waals surface area contributed by atoms with E-state index < -0.39 is 0 Å². The summed E-state index contributed by atoms with van der Waals surface area (Å²) in [5.74, 6) is 1.88. The van der Waals surface area contributed by atoms with E-state index in [-0.39, 0.29) is 0 Å². The van der Waals surface area contributed by atoms with Gasteiger partial charge < -0.3 is 4.74 Å². The van der Waals surface area contributed by atoms with Crippen LogP contribution in [-0.2, 0) is 17.3 Å². The van der Waals surface area contributed by atoms with Gasteiger partial charge in [-0.05, 0) is 79.8 Å². The van der Waals surface area contributed by atoms with Crippen molar-refractivity contribution in [1.29, 1.82) is 0 Å². The lowest BCUT2D eigenvalue weighted by molar-refractivity contribution is -0.0157. The largest absolute Gasteiger partial charge is 0.497 e. The molecule has 0 N–H and O–H groups in total. The lowest BCUT2D eigenvalue weighted by atomic mass is 9.52. The van der Waals surface area contributed by atoms with Gasteiger partial charge in [-0.3, -0.25) is 4.90 Å². The van der Waals surface area contributed by atoms with Gasteiger partial charge in [-0.15, -0.1) is 0 Å². The van der Waals surface area contributed by atoms with Gasteiger partial charge in [0.1, 0.15) is 5.75 Å². The van der Waals surface area contributed by atoms with E-state index in [4.69, 9.17) is 4.74 Å². The number of likely N-dealkylation sites (tertiary alicyclic amines) is 1. The number of benzene rings is 2. The van der Waals surface area contributed by atoms with E-state index in [0.717, 1.165) is 17.7 Å². The zero-order valence-electron chi connectivity index (χ0n) is 17.7. The molecule has 0 radical (unpaired) electrons. The Hall–Kier alpha value is -1.80. The van der Waals surface area contributed by atoms with E-state index >= 15 is 0 Å². The molecule has 3 fully saturated rings. The van der Waals surface area contributed by atoms with E-state index in [1.54, 1.807) is 16.7 Å². The quantitative estimate of drug-likeness (QED) is 0.688. The first-order valence-electron chi connectivity index (χ1n) is 11.7. The van der Waals surface area contributed by atoms with Crippen molar-refractivity contribution in [1.82, 2.24) is 4.90 Å². The molecule has 0 amide bonds. The highest BCUT2D eigenvalue weighted by atomic mass is 16.5. The fraction of sp³-hybridized carbons (Fsp3) is 0.556. The van der Waals surface area contributed by atoms with E-state index in [1.807, 2.05) is 7.11 Å². The summed E-state index contributed by atoms with van der Waals surface area (Å²) in [7, 11) is 1.81. The first-order chi connectivity index (χ1) is 14.2. The zero-order valence-corrected chi connectivity index (χ0v) is 17.7. The molecule has 0 spiro atoms. The van der Waals surface area contributed by atoms with Crippen LogP contribution in [0.4, 0.5) is 0 Å². The predicted octanol–water partition coefficient (Wildman–Crippen LogP) is 5.49. The van der Waals surface area contributed by atoms with Gasteiger partial charge in [0.15, 0.2) is 0 Å². The first-order valence-corrected chi connectivity index (χ1v) is 11.7. The Balaban J connectivity index is 1.35. The Morgan fingerprint density at radius 3 is 2.66 bits per heavy atom. The summed E-state index contributed by atoms with van der Waals surface area (Å²) in [4.78, 5) is 2.92. The van der Waals surface area contributed by atoms with Crippen molar-refractivity contribution in [3.8, 4) is 5.75 Å². The zero-order chi connectivity index (χ0) is 19.5. The highest BCUT2D eigenvalue weighted by Gasteiger charge is 2.56. The second-order valence-electron chi connectivity index (χ2n) is 10.2. The SMILES string of the molecule is COc1ccc2c(c1)[C@]13CCCC[C@H]1[C@@H](C2)N(CC1(c2ccccc2)CC1)CC3. The van der Waals surface area contributed by atoms with Crippen molar-refractivity contribution in [2.24, 2.45) is 5.92 Å². The van der Waals surface area contributed by atoms with Gasteiger partial charge in [0, 0.05) is 23.4 Å². The van der Waals surface area contributed by atoms with Crippen molar-refractivity contribution in [3.63, 3.8) is 0 Å². The summed E-state index contributed by atoms with van der Waals surface area (Å²) in [5, 5.41) is 0. The summed E-state index contributed by atoms with van der Waals surface area (Å²) >= 11 is 0. The second-order valence-corrected chi connectivity index (χ2v) is 10.2. The average Bonchev–Trinajstić information content (AvgIpc) is 3.57. The minimum absolute atomic E-state index is 0.408. The third-order valence-corrected chi connectivity index (χ3v) is 8.90. The minimum Gasteiger partial charge on any atom is -0.497 e. The molecule has 6 rings (SSSR count). The smallest absolute Gasteiger partial charge is 0.119 e. The van der Waals surface area contributed by atoms with Crippen molar-refractivity contribution in [2.45, 2.75) is 68.2 Å². The van der Waals surface area contributed by atoms with Crippen LogP contribution in [0.15, 0.2) is 48.5 Å². The van der Waals surface area contributed by atoms with E-state index in [1.165, 1.54) is 64.5 Å². The van der Waals surface area contributed by atoms with Crippen molar-refractivity contribution in [3.05, 3.63) is 65.2 Å². The molecule has 1 aliphatic heterocycles. The monoisotopic (exact) mass is 387 g/mol. The molecular weight excluding hydrogens is 354 g/mol. The van der Waals surface area contributed by atoms with Gasteiger partial charge in [0.25, 0.3) is 0 Å². The summed E-state index contributed by atoms with van der Waals surface area (Å²) in [6.07, 6.45) is 10.9. The lowest BCUT2D eigenvalue weighted by Crippen LogP contribution is -2.61. The molecule has 29 heavy (non-hydrogen) atoms. The van der Waals surface area contributed by atoms with E-state index in [9.17, 15) is 0 Å². The Bertz CT molecular complexity index is 902. The van der Waals surface area contributed by atoms with Crippen LogP contribution in [0, 0.1) is 5.92 Å². The van der Waals surface area contributed by atoms with Gasteiger partial charge in [-0.2, -0.15) is 0 Å². The van der Waals surface area contributed by atoms with Gasteiger partial charge >= 0.3 is 0 Å². The van der Waals surface area contributed by atoms with Gasteiger partial charge in [-0.1, -0.05) is 49.2 Å². The Morgan fingerprint density at radius 2 is 1.86 bits per heavy atom. The van der Waals surface area contributed by atoms with Crippen molar-refractivity contribution in [2.75, 3.05) is 20.2 Å². The topological polar surface area (TPSA) is 12.5 Å². The lowest BCUT2D eigenvalue weighted by Gasteiger charge is -2.59. The summed E-state index contributed by atoms with van der Waals surface area (Å²) in [6, 6.07) is 19.0. The second kappa shape index (κ2) is 6.60. The molecule has 4 aliphatic rings. The van der Waals surface area contributed by atoms with Crippen LogP contribution in [0.25, 0.3) is 0 Å². The molecule has 2 aromatic rings. The van der Waals surface area contributed by atoms with Crippen LogP contribution in [0.3, 0.4) is 0 Å². The number of hydrogen-bond acceptors (Lipinski definition) is 2. The average molecular weight is 388 g/mol. The number of rotatable bonds is 4. The summed E-state index contributed by atoms with van der Waals surface area (Å²) < 4.78 is 5.63. The number of methoxy groups -OCH3 is 1. The minimum atomic E-state index is 0.408. The van der Waals surface area contributed by atoms with Crippen LogP contribution < -0.4 is 4.74 Å². The molecule has 2 heteroatoms. The molecule has 2 saturated carbocycles. The molecule has 2 nitrogen and oxygen atoms in total. The highest BCUT2D eigenvalue weighted by Crippen LogP contribution is 2.58. The van der Waals surface area contributed by atoms with Crippen LogP contribution in [0.2, 0.25) is 0 Å². The highest BCUT2D eigenvalue weighted by molar-refractivity contribution is 5.46. The molecule has 152 valence electrons. The fourth-order valence-electron chi connectivity index (χ4n) is 7.26. The maximum Gasteiger partial charge on any atom is 0.119 e. The van der Waals surface area contributed by atoms with Gasteiger partial charge in [0.05, 0.1) is 7.11 Å². The molecule has 3 aliphatic carbocycles. The first kappa shape index (κ1) is 18.0. The number of ether oxygens (including phenoxy) is 1. The molecule has 0 aromatic heterocycles. The third kappa shape index (κ3) is 2.71. The van der Waals surface area contributed by atoms with Crippen LogP contribution in [0.5, 0.6) is 5.75 Å². The molecule has 3 atom stereocenters. The normalized spacial score (nSPS) is 32.2. The third-order valence-electron chi connectivity index (χ3n) is 8.90. The molecule has 1 heterocycles. The van der Waals surface area contributed by atoms with E-state index in [0.29, 0.717) is 10.8 Å². The summed E-state index contributed by atoms with van der Waals surface area (Å²) in [5.41, 5.74) is 5.65. The molecule has 2 aromatic carbocycles. The number of fused-ring (bicyclic) bond motifs is 1. The molecule has 2 bridgehead atoms.